The highest BCUT2D eigenvalue weighted by Crippen LogP contribution is 2.43. The fraction of sp³-hybridized carbons (Fsp3) is 0.167. The normalized spacial score (nSPS) is 14.9. The van der Waals surface area contributed by atoms with Crippen LogP contribution in [0.4, 0.5) is 5.69 Å². The summed E-state index contributed by atoms with van der Waals surface area (Å²) in [7, 11) is 0. The Morgan fingerprint density at radius 1 is 1.03 bits per heavy atom. The molecule has 0 aromatic heterocycles. The van der Waals surface area contributed by atoms with Crippen LogP contribution in [0.15, 0.2) is 101 Å². The van der Waals surface area contributed by atoms with Crippen molar-refractivity contribution in [2.75, 3.05) is 11.1 Å². The predicted octanol–water partition coefficient (Wildman–Crippen LogP) is 6.46. The molecule has 8 heteroatoms. The van der Waals surface area contributed by atoms with E-state index in [9.17, 15) is 14.9 Å². The second-order valence-electron chi connectivity index (χ2n) is 8.74. The van der Waals surface area contributed by atoms with Gasteiger partial charge in [0, 0.05) is 16.4 Å². The van der Waals surface area contributed by atoms with Crippen LogP contribution in [0.3, 0.4) is 0 Å². The fourth-order valence-corrected chi connectivity index (χ4v) is 5.23. The summed E-state index contributed by atoms with van der Waals surface area (Å²) in [6.45, 7) is 3.82. The predicted molar refractivity (Wildman–Crippen MR) is 151 cm³/mol. The van der Waals surface area contributed by atoms with Crippen LogP contribution in [0, 0.1) is 18.3 Å². The Kier molecular flexibility index (Phi) is 8.90. The van der Waals surface area contributed by atoms with E-state index in [1.165, 1.54) is 11.8 Å². The van der Waals surface area contributed by atoms with Crippen LogP contribution in [0.2, 0.25) is 5.02 Å². The lowest BCUT2D eigenvalue weighted by atomic mass is 9.82. The minimum atomic E-state index is -0.749. The molecule has 0 spiro atoms. The van der Waals surface area contributed by atoms with Crippen molar-refractivity contribution in [1.82, 2.24) is 5.32 Å². The number of amides is 1. The van der Waals surface area contributed by atoms with E-state index in [4.69, 9.17) is 16.3 Å². The topological polar surface area (TPSA) is 91.2 Å². The van der Waals surface area contributed by atoms with E-state index in [1.54, 1.807) is 25.1 Å². The molecule has 1 atom stereocenters. The molecule has 0 bridgehead atoms. The number of aryl methyl sites for hydroxylation is 1. The Labute approximate surface area is 231 Å². The van der Waals surface area contributed by atoms with Gasteiger partial charge in [-0.1, -0.05) is 89.6 Å². The van der Waals surface area contributed by atoms with Crippen LogP contribution in [0.25, 0.3) is 0 Å². The number of carbonyl (C=O) groups is 2. The zero-order chi connectivity index (χ0) is 27.1. The SMILES string of the molecule is CC1=C(C(=O)OCc2ccccc2)C(c2ccccc2Cl)C(C#N)=C(SCC(=O)Nc2ccc(C)cc2)N1. The molecule has 1 unspecified atom stereocenters. The second kappa shape index (κ2) is 12.5. The maximum absolute atomic E-state index is 13.4. The number of nitriles is 1. The average molecular weight is 544 g/mol. The van der Waals surface area contributed by atoms with Crippen molar-refractivity contribution < 1.29 is 14.3 Å². The molecule has 1 heterocycles. The van der Waals surface area contributed by atoms with Crippen LogP contribution in [0.1, 0.15) is 29.5 Å². The fourth-order valence-electron chi connectivity index (χ4n) is 4.09. The zero-order valence-electron chi connectivity index (χ0n) is 21.0. The third-order valence-corrected chi connectivity index (χ3v) is 7.34. The smallest absolute Gasteiger partial charge is 0.337 e. The van der Waals surface area contributed by atoms with Gasteiger partial charge in [-0.3, -0.25) is 4.79 Å². The van der Waals surface area contributed by atoms with Gasteiger partial charge in [0.05, 0.1) is 33.9 Å². The van der Waals surface area contributed by atoms with Crippen molar-refractivity contribution >= 4 is 40.9 Å². The summed E-state index contributed by atoms with van der Waals surface area (Å²) in [5, 5.41) is 17.2. The Morgan fingerprint density at radius 3 is 2.39 bits per heavy atom. The van der Waals surface area contributed by atoms with Gasteiger partial charge in [-0.15, -0.1) is 0 Å². The highest BCUT2D eigenvalue weighted by Gasteiger charge is 2.36. The van der Waals surface area contributed by atoms with Gasteiger partial charge < -0.3 is 15.4 Å². The minimum absolute atomic E-state index is 0.0672. The van der Waals surface area contributed by atoms with Gasteiger partial charge in [0.2, 0.25) is 5.91 Å². The molecule has 1 amide bonds. The molecule has 3 aromatic rings. The summed E-state index contributed by atoms with van der Waals surface area (Å²) in [4.78, 5) is 26.0. The molecule has 6 nitrogen and oxygen atoms in total. The molecule has 192 valence electrons. The van der Waals surface area contributed by atoms with Crippen molar-refractivity contribution in [2.24, 2.45) is 0 Å². The standard InChI is InChI=1S/C30H26ClN3O3S/c1-19-12-14-22(15-13-19)34-26(35)18-38-29-24(16-32)28(23-10-6-7-11-25(23)31)27(20(2)33-29)30(36)37-17-21-8-4-3-5-9-21/h3-15,28,33H,17-18H2,1-2H3,(H,34,35). The lowest BCUT2D eigenvalue weighted by molar-refractivity contribution is -0.140. The third kappa shape index (κ3) is 6.46. The number of dihydropyridines is 1. The van der Waals surface area contributed by atoms with Gasteiger partial charge in [0.15, 0.2) is 0 Å². The van der Waals surface area contributed by atoms with Crippen molar-refractivity contribution in [1.29, 1.82) is 5.26 Å². The molecule has 38 heavy (non-hydrogen) atoms. The molecular formula is C30H26ClN3O3S. The lowest BCUT2D eigenvalue weighted by Gasteiger charge is -2.29. The van der Waals surface area contributed by atoms with Crippen molar-refractivity contribution in [2.45, 2.75) is 26.4 Å². The highest BCUT2D eigenvalue weighted by atomic mass is 35.5. The third-order valence-electron chi connectivity index (χ3n) is 5.98. The lowest BCUT2D eigenvalue weighted by Crippen LogP contribution is -2.29. The first-order valence-electron chi connectivity index (χ1n) is 11.9. The summed E-state index contributed by atoms with van der Waals surface area (Å²) in [6, 6.07) is 26.3. The maximum atomic E-state index is 13.4. The summed E-state index contributed by atoms with van der Waals surface area (Å²) in [5.41, 5.74) is 4.39. The van der Waals surface area contributed by atoms with Gasteiger partial charge in [-0.05, 0) is 43.2 Å². The molecule has 0 saturated carbocycles. The molecule has 0 fully saturated rings. The van der Waals surface area contributed by atoms with E-state index in [2.05, 4.69) is 16.7 Å². The van der Waals surface area contributed by atoms with Crippen LogP contribution in [-0.2, 0) is 20.9 Å². The number of allylic oxidation sites excluding steroid dienone is 2. The quantitative estimate of drug-likeness (QED) is 0.317. The number of hydrogen-bond donors (Lipinski definition) is 2. The van der Waals surface area contributed by atoms with Gasteiger partial charge in [0.1, 0.15) is 6.61 Å². The van der Waals surface area contributed by atoms with Crippen LogP contribution >= 0.6 is 23.4 Å². The number of nitrogens with zero attached hydrogens (tertiary/aromatic N) is 1. The van der Waals surface area contributed by atoms with Crippen molar-refractivity contribution in [3.63, 3.8) is 0 Å². The summed E-state index contributed by atoms with van der Waals surface area (Å²) < 4.78 is 5.65. The number of anilines is 1. The number of rotatable bonds is 8. The van der Waals surface area contributed by atoms with Crippen LogP contribution in [-0.4, -0.2) is 17.6 Å². The number of thioether (sulfide) groups is 1. The van der Waals surface area contributed by atoms with E-state index >= 15 is 0 Å². The largest absolute Gasteiger partial charge is 0.457 e. The molecule has 2 N–H and O–H groups in total. The van der Waals surface area contributed by atoms with Gasteiger partial charge in [0.25, 0.3) is 0 Å². The summed E-state index contributed by atoms with van der Waals surface area (Å²) in [6.07, 6.45) is 0. The first-order valence-corrected chi connectivity index (χ1v) is 13.3. The second-order valence-corrected chi connectivity index (χ2v) is 10.1. The molecule has 0 saturated heterocycles. The van der Waals surface area contributed by atoms with Gasteiger partial charge in [-0.2, -0.15) is 5.26 Å². The van der Waals surface area contributed by atoms with E-state index in [-0.39, 0.29) is 18.3 Å². The van der Waals surface area contributed by atoms with E-state index in [0.717, 1.165) is 11.1 Å². The minimum Gasteiger partial charge on any atom is -0.457 e. The maximum Gasteiger partial charge on any atom is 0.337 e. The Balaban J connectivity index is 1.60. The Hall–Kier alpha value is -3.99. The van der Waals surface area contributed by atoms with E-state index in [0.29, 0.717) is 38.1 Å². The summed E-state index contributed by atoms with van der Waals surface area (Å²) in [5.74, 6) is -1.44. The number of esters is 1. The molecule has 0 radical (unpaired) electrons. The monoisotopic (exact) mass is 543 g/mol. The number of hydrogen-bond acceptors (Lipinski definition) is 6. The van der Waals surface area contributed by atoms with E-state index in [1.807, 2.05) is 67.6 Å². The number of carbonyl (C=O) groups excluding carboxylic acids is 2. The average Bonchev–Trinajstić information content (AvgIpc) is 2.92. The van der Waals surface area contributed by atoms with Crippen LogP contribution in [0.5, 0.6) is 0 Å². The van der Waals surface area contributed by atoms with Gasteiger partial charge >= 0.3 is 5.97 Å². The van der Waals surface area contributed by atoms with Crippen molar-refractivity contribution in [3.05, 3.63) is 122 Å². The number of benzene rings is 3. The van der Waals surface area contributed by atoms with Crippen LogP contribution < -0.4 is 10.6 Å². The van der Waals surface area contributed by atoms with Gasteiger partial charge in [-0.25, -0.2) is 4.79 Å². The first-order chi connectivity index (χ1) is 18.4. The zero-order valence-corrected chi connectivity index (χ0v) is 22.5. The molecule has 3 aromatic carbocycles. The molecular weight excluding hydrogens is 518 g/mol. The Morgan fingerprint density at radius 2 is 1.71 bits per heavy atom. The first kappa shape index (κ1) is 27.1. The molecule has 1 aliphatic rings. The highest BCUT2D eigenvalue weighted by molar-refractivity contribution is 8.03. The summed E-state index contributed by atoms with van der Waals surface area (Å²) >= 11 is 7.75. The number of halogens is 1. The molecule has 4 rings (SSSR count). The number of nitrogens with one attached hydrogen (secondary N) is 2. The van der Waals surface area contributed by atoms with E-state index < -0.39 is 11.9 Å². The Bertz CT molecular complexity index is 1440. The molecule has 0 aliphatic carbocycles. The van der Waals surface area contributed by atoms with Crippen molar-refractivity contribution in [3.8, 4) is 6.07 Å². The number of ether oxygens (including phenoxy) is 1. The molecule has 1 aliphatic heterocycles.